The number of rotatable bonds is 6. The lowest BCUT2D eigenvalue weighted by Crippen LogP contribution is -2.15. The second-order valence-electron chi connectivity index (χ2n) is 6.47. The highest BCUT2D eigenvalue weighted by molar-refractivity contribution is 7.92. The van der Waals surface area contributed by atoms with Crippen LogP contribution in [0.5, 0.6) is 0 Å². The van der Waals surface area contributed by atoms with Crippen LogP contribution in [-0.2, 0) is 16.2 Å². The molecule has 3 rings (SSSR count). The lowest BCUT2D eigenvalue weighted by Gasteiger charge is -2.12. The molecule has 0 unspecified atom stereocenters. The SMILES string of the molecule is O=C(Nc1cccc(S(=O)(=O)Nc2cccc(C(F)(F)F)c2)c1)c1ccc([N+](=O)[O-])cc1. The summed E-state index contributed by atoms with van der Waals surface area (Å²) >= 11 is 0. The van der Waals surface area contributed by atoms with E-state index >= 15 is 0 Å². The predicted molar refractivity (Wildman–Crippen MR) is 110 cm³/mol. The maximum absolute atomic E-state index is 12.8. The topological polar surface area (TPSA) is 118 Å². The van der Waals surface area contributed by atoms with Crippen LogP contribution in [0.25, 0.3) is 0 Å². The molecule has 0 aromatic heterocycles. The summed E-state index contributed by atoms with van der Waals surface area (Å²) in [6.45, 7) is 0. The molecule has 8 nitrogen and oxygen atoms in total. The number of carbonyl (C=O) groups excluding carboxylic acids is 1. The summed E-state index contributed by atoms with van der Waals surface area (Å²) in [6, 6.07) is 13.6. The number of nitro groups is 1. The van der Waals surface area contributed by atoms with E-state index in [1.54, 1.807) is 0 Å². The van der Waals surface area contributed by atoms with Gasteiger partial charge in [-0.15, -0.1) is 0 Å². The number of alkyl halides is 3. The second kappa shape index (κ2) is 8.67. The summed E-state index contributed by atoms with van der Waals surface area (Å²) in [6.07, 6.45) is -4.64. The van der Waals surface area contributed by atoms with Crippen LogP contribution in [0.2, 0.25) is 0 Å². The summed E-state index contributed by atoms with van der Waals surface area (Å²) in [5, 5.41) is 13.2. The van der Waals surface area contributed by atoms with Crippen molar-refractivity contribution >= 4 is 33.0 Å². The van der Waals surface area contributed by atoms with E-state index < -0.39 is 32.6 Å². The molecule has 0 bridgehead atoms. The first-order chi connectivity index (χ1) is 15.0. The number of amides is 1. The number of nitrogens with one attached hydrogen (secondary N) is 2. The molecule has 0 radical (unpaired) electrons. The maximum atomic E-state index is 12.8. The van der Waals surface area contributed by atoms with Crippen molar-refractivity contribution in [1.82, 2.24) is 0 Å². The fraction of sp³-hybridized carbons (Fsp3) is 0.0500. The van der Waals surface area contributed by atoms with Crippen molar-refractivity contribution < 1.29 is 31.3 Å². The highest BCUT2D eigenvalue weighted by Gasteiger charge is 2.30. The Morgan fingerprint density at radius 3 is 2.16 bits per heavy atom. The zero-order valence-corrected chi connectivity index (χ0v) is 16.8. The number of sulfonamides is 1. The lowest BCUT2D eigenvalue weighted by atomic mass is 10.2. The molecule has 2 N–H and O–H groups in total. The number of nitrogens with zero attached hydrogens (tertiary/aromatic N) is 1. The van der Waals surface area contributed by atoms with Crippen molar-refractivity contribution in [1.29, 1.82) is 0 Å². The fourth-order valence-corrected chi connectivity index (χ4v) is 3.75. The van der Waals surface area contributed by atoms with Gasteiger partial charge in [0.2, 0.25) is 0 Å². The average Bonchev–Trinajstić information content (AvgIpc) is 2.73. The molecule has 0 aliphatic heterocycles. The Morgan fingerprint density at radius 1 is 0.906 bits per heavy atom. The van der Waals surface area contributed by atoms with Crippen LogP contribution in [0.1, 0.15) is 15.9 Å². The van der Waals surface area contributed by atoms with E-state index in [1.807, 2.05) is 0 Å². The number of hydrogen-bond acceptors (Lipinski definition) is 5. The molecular weight excluding hydrogens is 451 g/mol. The van der Waals surface area contributed by atoms with Gasteiger partial charge in [0.15, 0.2) is 0 Å². The van der Waals surface area contributed by atoms with Gasteiger partial charge in [-0.3, -0.25) is 19.6 Å². The number of benzene rings is 3. The van der Waals surface area contributed by atoms with E-state index in [-0.39, 0.29) is 27.5 Å². The molecule has 0 spiro atoms. The third kappa shape index (κ3) is 5.40. The molecule has 12 heteroatoms. The van der Waals surface area contributed by atoms with Crippen molar-refractivity contribution in [3.8, 4) is 0 Å². The van der Waals surface area contributed by atoms with E-state index in [1.165, 1.54) is 36.4 Å². The standard InChI is InChI=1S/C20H14F3N3O5S/c21-20(22,23)14-3-1-5-16(11-14)25-32(30,31)18-6-2-4-15(12-18)24-19(27)13-7-9-17(10-8-13)26(28)29/h1-12,25H,(H,24,27). The number of hydrogen-bond donors (Lipinski definition) is 2. The van der Waals surface area contributed by atoms with Gasteiger partial charge in [-0.25, -0.2) is 8.42 Å². The average molecular weight is 465 g/mol. The van der Waals surface area contributed by atoms with E-state index in [0.717, 1.165) is 30.3 Å². The highest BCUT2D eigenvalue weighted by atomic mass is 32.2. The first-order valence-corrected chi connectivity index (χ1v) is 10.3. The van der Waals surface area contributed by atoms with E-state index in [2.05, 4.69) is 10.0 Å². The third-order valence-electron chi connectivity index (χ3n) is 4.18. The van der Waals surface area contributed by atoms with Crippen LogP contribution in [0.3, 0.4) is 0 Å². The molecule has 0 fully saturated rings. The summed E-state index contributed by atoms with van der Waals surface area (Å²) < 4.78 is 65.8. The molecule has 0 aliphatic rings. The molecule has 0 aliphatic carbocycles. The quantitative estimate of drug-likeness (QED) is 0.405. The van der Waals surface area contributed by atoms with Gasteiger partial charge in [0, 0.05) is 29.1 Å². The van der Waals surface area contributed by atoms with Crippen molar-refractivity contribution in [3.05, 3.63) is 94.0 Å². The molecular formula is C20H14F3N3O5S. The molecule has 3 aromatic rings. The van der Waals surface area contributed by atoms with Crippen LogP contribution in [0, 0.1) is 10.1 Å². The van der Waals surface area contributed by atoms with Crippen molar-refractivity contribution in [2.24, 2.45) is 0 Å². The number of carbonyl (C=O) groups is 1. The Labute approximate surface area is 179 Å². The summed E-state index contributed by atoms with van der Waals surface area (Å²) in [5.41, 5.74) is -1.29. The van der Waals surface area contributed by atoms with E-state index in [0.29, 0.717) is 6.07 Å². The molecule has 166 valence electrons. The van der Waals surface area contributed by atoms with Gasteiger partial charge in [-0.1, -0.05) is 12.1 Å². The van der Waals surface area contributed by atoms with Crippen LogP contribution in [0.15, 0.2) is 77.7 Å². The zero-order valence-electron chi connectivity index (χ0n) is 16.0. The van der Waals surface area contributed by atoms with Crippen molar-refractivity contribution in [2.75, 3.05) is 10.0 Å². The van der Waals surface area contributed by atoms with Gasteiger partial charge >= 0.3 is 6.18 Å². The first-order valence-electron chi connectivity index (χ1n) is 8.82. The van der Waals surface area contributed by atoms with Crippen LogP contribution in [-0.4, -0.2) is 19.2 Å². The van der Waals surface area contributed by atoms with Gasteiger partial charge in [0.05, 0.1) is 15.4 Å². The number of nitro benzene ring substituents is 1. The summed E-state index contributed by atoms with van der Waals surface area (Å²) in [7, 11) is -4.26. The van der Waals surface area contributed by atoms with E-state index in [9.17, 15) is 36.5 Å². The highest BCUT2D eigenvalue weighted by Crippen LogP contribution is 2.31. The minimum absolute atomic E-state index is 0.0975. The summed E-state index contributed by atoms with van der Waals surface area (Å²) in [5.74, 6) is -0.639. The molecule has 3 aromatic carbocycles. The molecule has 0 saturated carbocycles. The second-order valence-corrected chi connectivity index (χ2v) is 8.15. The van der Waals surface area contributed by atoms with Crippen molar-refractivity contribution in [2.45, 2.75) is 11.1 Å². The smallest absolute Gasteiger partial charge is 0.322 e. The van der Waals surface area contributed by atoms with Crippen molar-refractivity contribution in [3.63, 3.8) is 0 Å². The van der Waals surface area contributed by atoms with Gasteiger partial charge in [-0.2, -0.15) is 13.2 Å². The molecule has 0 saturated heterocycles. The zero-order chi connectivity index (χ0) is 23.5. The first kappa shape index (κ1) is 22.7. The Hall–Kier alpha value is -3.93. The van der Waals surface area contributed by atoms with E-state index in [4.69, 9.17) is 0 Å². The lowest BCUT2D eigenvalue weighted by molar-refractivity contribution is -0.384. The fourth-order valence-electron chi connectivity index (χ4n) is 2.65. The van der Waals surface area contributed by atoms with Crippen LogP contribution < -0.4 is 10.0 Å². The Morgan fingerprint density at radius 2 is 1.53 bits per heavy atom. The van der Waals surface area contributed by atoms with Gasteiger partial charge in [-0.05, 0) is 48.5 Å². The van der Waals surface area contributed by atoms with Gasteiger partial charge in [0.1, 0.15) is 0 Å². The minimum atomic E-state index is -4.64. The summed E-state index contributed by atoms with van der Waals surface area (Å²) in [4.78, 5) is 22.1. The number of non-ortho nitro benzene ring substituents is 1. The van der Waals surface area contributed by atoms with Gasteiger partial charge < -0.3 is 5.32 Å². The largest absolute Gasteiger partial charge is 0.416 e. The monoisotopic (exact) mass is 465 g/mol. The Balaban J connectivity index is 1.79. The molecule has 0 heterocycles. The van der Waals surface area contributed by atoms with Crippen LogP contribution >= 0.6 is 0 Å². The molecule has 0 atom stereocenters. The third-order valence-corrected chi connectivity index (χ3v) is 5.56. The molecule has 32 heavy (non-hydrogen) atoms. The Kier molecular flexibility index (Phi) is 6.16. The Bertz CT molecular complexity index is 1280. The minimum Gasteiger partial charge on any atom is -0.322 e. The van der Waals surface area contributed by atoms with Gasteiger partial charge in [0.25, 0.3) is 21.6 Å². The number of halogens is 3. The number of anilines is 2. The maximum Gasteiger partial charge on any atom is 0.416 e. The molecule has 1 amide bonds. The predicted octanol–water partition coefficient (Wildman–Crippen LogP) is 4.67. The van der Waals surface area contributed by atoms with Crippen LogP contribution in [0.4, 0.5) is 30.2 Å². The normalized spacial score (nSPS) is 11.6.